The van der Waals surface area contributed by atoms with E-state index in [1.807, 2.05) is 0 Å². The molecular weight excluding hydrogens is 369 g/mol. The van der Waals surface area contributed by atoms with Crippen LogP contribution in [0.5, 0.6) is 0 Å². The number of carbonyl (C=O) groups is 1. The van der Waals surface area contributed by atoms with Gasteiger partial charge in [0.05, 0.1) is 16.3 Å². The first-order chi connectivity index (χ1) is 12.9. The van der Waals surface area contributed by atoms with Crippen LogP contribution in [-0.2, 0) is 14.8 Å². The van der Waals surface area contributed by atoms with E-state index in [4.69, 9.17) is 5.73 Å². The monoisotopic (exact) mass is 393 g/mol. The van der Waals surface area contributed by atoms with Gasteiger partial charge in [-0.25, -0.2) is 12.8 Å². The summed E-state index contributed by atoms with van der Waals surface area (Å²) in [5.74, 6) is -0.704. The van der Waals surface area contributed by atoms with Crippen molar-refractivity contribution in [3.8, 4) is 0 Å². The molecule has 0 saturated heterocycles. The van der Waals surface area contributed by atoms with Crippen molar-refractivity contribution >= 4 is 27.3 Å². The molecule has 0 fully saturated rings. The van der Waals surface area contributed by atoms with Crippen LogP contribution in [0.2, 0.25) is 0 Å². The quantitative estimate of drug-likeness (QED) is 0.538. The third kappa shape index (κ3) is 6.65. The number of benzene rings is 2. The fourth-order valence-electron chi connectivity index (χ4n) is 2.49. The van der Waals surface area contributed by atoms with Gasteiger partial charge in [-0.1, -0.05) is 25.0 Å². The lowest BCUT2D eigenvalue weighted by Crippen LogP contribution is -2.17. The number of para-hydroxylation sites is 2. The Morgan fingerprint density at radius 1 is 0.926 bits per heavy atom. The first-order valence-corrected chi connectivity index (χ1v) is 10.3. The summed E-state index contributed by atoms with van der Waals surface area (Å²) in [7, 11) is -3.90. The van der Waals surface area contributed by atoms with Crippen LogP contribution in [0, 0.1) is 5.82 Å². The van der Waals surface area contributed by atoms with Crippen molar-refractivity contribution in [1.82, 2.24) is 0 Å². The molecule has 4 N–H and O–H groups in total. The summed E-state index contributed by atoms with van der Waals surface area (Å²) in [4.78, 5) is 12.1. The molecule has 0 heterocycles. The van der Waals surface area contributed by atoms with Crippen LogP contribution in [0.15, 0.2) is 53.4 Å². The Labute approximate surface area is 159 Å². The molecule has 0 atom stereocenters. The SMILES string of the molecule is NCCCCCCC(=O)Nc1ccccc1NS(=O)(=O)c1ccc(F)cc1. The molecule has 2 aromatic carbocycles. The van der Waals surface area contributed by atoms with Crippen LogP contribution in [0.4, 0.5) is 15.8 Å². The molecular formula is C19H24FN3O3S. The first kappa shape index (κ1) is 20.9. The molecule has 0 unspecified atom stereocenters. The van der Waals surface area contributed by atoms with E-state index in [0.717, 1.165) is 37.8 Å². The van der Waals surface area contributed by atoms with Crippen molar-refractivity contribution in [3.05, 3.63) is 54.3 Å². The maximum Gasteiger partial charge on any atom is 0.261 e. The Morgan fingerprint density at radius 2 is 1.56 bits per heavy atom. The number of hydrogen-bond donors (Lipinski definition) is 3. The van der Waals surface area contributed by atoms with E-state index < -0.39 is 15.8 Å². The standard InChI is InChI=1S/C19H24FN3O3S/c20-15-10-12-16(13-11-15)27(25,26)23-18-8-5-4-7-17(18)22-19(24)9-3-1-2-6-14-21/h4-5,7-8,10-13,23H,1-3,6,9,14,21H2,(H,22,24). The number of amides is 1. The molecule has 2 aromatic rings. The van der Waals surface area contributed by atoms with Crippen LogP contribution < -0.4 is 15.8 Å². The Bertz CT molecular complexity index is 855. The van der Waals surface area contributed by atoms with Gasteiger partial charge < -0.3 is 11.1 Å². The average Bonchev–Trinajstić information content (AvgIpc) is 2.63. The number of halogens is 1. The van der Waals surface area contributed by atoms with Gasteiger partial charge in [0.25, 0.3) is 10.0 Å². The number of nitrogens with two attached hydrogens (primary N) is 1. The van der Waals surface area contributed by atoms with E-state index in [-0.39, 0.29) is 16.5 Å². The predicted molar refractivity (Wildman–Crippen MR) is 104 cm³/mol. The van der Waals surface area contributed by atoms with Crippen LogP contribution in [0.3, 0.4) is 0 Å². The molecule has 0 bridgehead atoms. The minimum Gasteiger partial charge on any atom is -0.330 e. The first-order valence-electron chi connectivity index (χ1n) is 8.80. The molecule has 0 radical (unpaired) electrons. The molecule has 8 heteroatoms. The van der Waals surface area contributed by atoms with Gasteiger partial charge >= 0.3 is 0 Å². The van der Waals surface area contributed by atoms with E-state index in [1.165, 1.54) is 12.1 Å². The zero-order valence-electron chi connectivity index (χ0n) is 14.9. The number of anilines is 2. The zero-order chi connectivity index (χ0) is 19.7. The van der Waals surface area contributed by atoms with E-state index in [0.29, 0.717) is 18.7 Å². The molecule has 0 aromatic heterocycles. The maximum atomic E-state index is 13.0. The molecule has 0 aliphatic rings. The van der Waals surface area contributed by atoms with Crippen LogP contribution in [0.25, 0.3) is 0 Å². The van der Waals surface area contributed by atoms with Gasteiger partial charge in [0.15, 0.2) is 0 Å². The number of unbranched alkanes of at least 4 members (excludes halogenated alkanes) is 3. The molecule has 146 valence electrons. The second kappa shape index (κ2) is 10.0. The second-order valence-electron chi connectivity index (χ2n) is 6.11. The third-order valence-corrected chi connectivity index (χ3v) is 5.31. The van der Waals surface area contributed by atoms with Crippen molar-refractivity contribution in [2.24, 2.45) is 5.73 Å². The highest BCUT2D eigenvalue weighted by molar-refractivity contribution is 7.92. The molecule has 2 rings (SSSR count). The number of carbonyl (C=O) groups excluding carboxylic acids is 1. The molecule has 6 nitrogen and oxygen atoms in total. The summed E-state index contributed by atoms with van der Waals surface area (Å²) >= 11 is 0. The van der Waals surface area contributed by atoms with Gasteiger partial charge in [-0.15, -0.1) is 0 Å². The lowest BCUT2D eigenvalue weighted by Gasteiger charge is -2.13. The third-order valence-electron chi connectivity index (χ3n) is 3.93. The molecule has 0 spiro atoms. The fourth-order valence-corrected chi connectivity index (χ4v) is 3.57. The van der Waals surface area contributed by atoms with Gasteiger partial charge in [-0.05, 0) is 55.8 Å². The lowest BCUT2D eigenvalue weighted by molar-refractivity contribution is -0.116. The molecule has 1 amide bonds. The van der Waals surface area contributed by atoms with Gasteiger partial charge in [-0.2, -0.15) is 0 Å². The fraction of sp³-hybridized carbons (Fsp3) is 0.316. The summed E-state index contributed by atoms with van der Waals surface area (Å²) in [5.41, 5.74) is 6.05. The summed E-state index contributed by atoms with van der Waals surface area (Å²) in [5, 5.41) is 2.73. The van der Waals surface area contributed by atoms with Crippen LogP contribution in [-0.4, -0.2) is 20.9 Å². The van der Waals surface area contributed by atoms with Crippen molar-refractivity contribution in [2.45, 2.75) is 37.0 Å². The molecule has 0 saturated carbocycles. The summed E-state index contributed by atoms with van der Waals surface area (Å²) in [6, 6.07) is 11.0. The number of sulfonamides is 1. The minimum absolute atomic E-state index is 0.0649. The number of nitrogens with one attached hydrogen (secondary N) is 2. The molecule has 0 aliphatic heterocycles. The highest BCUT2D eigenvalue weighted by Crippen LogP contribution is 2.25. The highest BCUT2D eigenvalue weighted by atomic mass is 32.2. The number of rotatable bonds is 10. The van der Waals surface area contributed by atoms with Crippen molar-refractivity contribution < 1.29 is 17.6 Å². The van der Waals surface area contributed by atoms with Crippen molar-refractivity contribution in [2.75, 3.05) is 16.6 Å². The predicted octanol–water partition coefficient (Wildman–Crippen LogP) is 3.47. The average molecular weight is 393 g/mol. The Balaban J connectivity index is 2.02. The van der Waals surface area contributed by atoms with Gasteiger partial charge in [0.2, 0.25) is 5.91 Å². The Hall–Kier alpha value is -2.45. The van der Waals surface area contributed by atoms with E-state index in [9.17, 15) is 17.6 Å². The number of hydrogen-bond acceptors (Lipinski definition) is 4. The normalized spacial score (nSPS) is 11.2. The second-order valence-corrected chi connectivity index (χ2v) is 7.79. The summed E-state index contributed by atoms with van der Waals surface area (Å²) in [6.45, 7) is 0.647. The largest absolute Gasteiger partial charge is 0.330 e. The zero-order valence-corrected chi connectivity index (χ0v) is 15.8. The van der Waals surface area contributed by atoms with Gasteiger partial charge in [0, 0.05) is 6.42 Å². The highest BCUT2D eigenvalue weighted by Gasteiger charge is 2.16. The van der Waals surface area contributed by atoms with E-state index >= 15 is 0 Å². The van der Waals surface area contributed by atoms with Gasteiger partial charge in [0.1, 0.15) is 5.82 Å². The summed E-state index contributed by atoms with van der Waals surface area (Å²) < 4.78 is 40.4. The van der Waals surface area contributed by atoms with Crippen molar-refractivity contribution in [1.29, 1.82) is 0 Å². The van der Waals surface area contributed by atoms with Gasteiger partial charge in [-0.3, -0.25) is 9.52 Å². The Kier molecular flexibility index (Phi) is 7.75. The van der Waals surface area contributed by atoms with Crippen LogP contribution in [0.1, 0.15) is 32.1 Å². The van der Waals surface area contributed by atoms with E-state index in [2.05, 4.69) is 10.0 Å². The molecule has 0 aliphatic carbocycles. The maximum absolute atomic E-state index is 13.0. The van der Waals surface area contributed by atoms with E-state index in [1.54, 1.807) is 24.3 Å². The minimum atomic E-state index is -3.90. The van der Waals surface area contributed by atoms with Crippen LogP contribution >= 0.6 is 0 Å². The molecule has 27 heavy (non-hydrogen) atoms. The lowest BCUT2D eigenvalue weighted by atomic mass is 10.1. The Morgan fingerprint density at radius 3 is 2.22 bits per heavy atom. The summed E-state index contributed by atoms with van der Waals surface area (Å²) in [6.07, 6.45) is 3.94. The van der Waals surface area contributed by atoms with Crippen molar-refractivity contribution in [3.63, 3.8) is 0 Å². The topological polar surface area (TPSA) is 101 Å². The smallest absolute Gasteiger partial charge is 0.261 e.